The van der Waals surface area contributed by atoms with E-state index in [0.717, 1.165) is 10.5 Å². The van der Waals surface area contributed by atoms with Crippen LogP contribution in [0, 0.1) is 63.9 Å². The van der Waals surface area contributed by atoms with Crippen LogP contribution in [-0.4, -0.2) is 191 Å². The van der Waals surface area contributed by atoms with Crippen molar-refractivity contribution in [2.24, 2.45) is 17.8 Å². The van der Waals surface area contributed by atoms with Gasteiger partial charge in [0.25, 0.3) is 5.97 Å². The maximum atomic E-state index is 13.6. The fraction of sp³-hybridized carbons (Fsp3) is 0.619. The number of fused-ring (bicyclic) bond motifs is 1. The number of nitrogens with zero attached hydrogens (tertiary/aromatic N) is 5. The smallest absolute Gasteiger partial charge is 0.319 e. The number of carboxylic acid groups (broad SMARTS) is 2. The molecule has 3 atom stereocenters. The van der Waals surface area contributed by atoms with E-state index in [1.165, 1.54) is 11.8 Å². The number of hydrogen-bond donors (Lipinski definition) is 6. The molecule has 362 valence electrons. The van der Waals surface area contributed by atoms with Crippen LogP contribution in [0.1, 0.15) is 45.6 Å². The normalized spacial score (nSPS) is 19.2. The molecule has 3 heterocycles. The van der Waals surface area contributed by atoms with Gasteiger partial charge in [-0.05, 0) is 48.6 Å². The molecule has 0 aromatic heterocycles. The van der Waals surface area contributed by atoms with Gasteiger partial charge in [-0.2, -0.15) is 11.8 Å². The largest absolute Gasteiger partial charge is 0.617 e. The Hall–Kier alpha value is -3.84. The van der Waals surface area contributed by atoms with Crippen molar-refractivity contribution < 1.29 is 98.0 Å². The zero-order chi connectivity index (χ0) is 46.9. The first-order valence-corrected chi connectivity index (χ1v) is 22.8. The van der Waals surface area contributed by atoms with Crippen molar-refractivity contribution in [2.75, 3.05) is 102 Å². The summed E-state index contributed by atoms with van der Waals surface area (Å²) in [5, 5.41) is 30.0. The number of nitrogens with one attached hydrogen (secondary N) is 4. The average Bonchev–Trinajstić information content (AvgIpc) is 3.70. The first kappa shape index (κ1) is 55.5. The van der Waals surface area contributed by atoms with Gasteiger partial charge in [0, 0.05) is 123 Å². The van der Waals surface area contributed by atoms with Crippen molar-refractivity contribution in [3.05, 3.63) is 36.1 Å². The van der Waals surface area contributed by atoms with E-state index in [1.807, 2.05) is 20.1 Å². The number of hydrogen-bond acceptors (Lipinski definition) is 15. The fourth-order valence-electron chi connectivity index (χ4n) is 7.50. The Morgan fingerprint density at radius 2 is 1.49 bits per heavy atom. The Morgan fingerprint density at radius 1 is 0.877 bits per heavy atom. The summed E-state index contributed by atoms with van der Waals surface area (Å²) in [5.74, 6) is -4.84. The molecule has 0 spiro atoms. The molecule has 4 rings (SSSR count). The van der Waals surface area contributed by atoms with Crippen molar-refractivity contribution >= 4 is 70.8 Å². The van der Waals surface area contributed by atoms with Crippen molar-refractivity contribution in [3.63, 3.8) is 0 Å². The van der Waals surface area contributed by atoms with E-state index in [9.17, 15) is 53.4 Å². The summed E-state index contributed by atoms with van der Waals surface area (Å²) < 4.78 is 5.48. The number of ether oxygens (including phenoxy) is 1. The zero-order valence-electron chi connectivity index (χ0n) is 37.3. The maximum Gasteiger partial charge on any atom is 0.319 e. The molecule has 3 fully saturated rings. The van der Waals surface area contributed by atoms with Crippen molar-refractivity contribution in [1.82, 2.24) is 40.4 Å². The summed E-state index contributed by atoms with van der Waals surface area (Å²) in [5.41, 5.74) is 1.15. The van der Waals surface area contributed by atoms with Crippen LogP contribution >= 0.6 is 11.8 Å². The summed E-state index contributed by atoms with van der Waals surface area (Å²) in [6.45, 7) is 6.70. The summed E-state index contributed by atoms with van der Waals surface area (Å²) in [6, 6.07) is 5.24. The quantitative estimate of drug-likeness (QED) is 0.0526. The molecule has 3 aliphatic heterocycles. The summed E-state index contributed by atoms with van der Waals surface area (Å²) in [4.78, 5) is 121. The molecular weight excluding hydrogens is 1010 g/mol. The molecule has 3 saturated heterocycles. The molecule has 6 amide bonds. The van der Waals surface area contributed by atoms with Gasteiger partial charge in [-0.25, -0.2) is 4.79 Å². The number of carboxylic acids is 2. The van der Waals surface area contributed by atoms with Gasteiger partial charge in [-0.15, -0.1) is 0 Å². The molecule has 3 aliphatic rings. The number of thioether (sulfide) groups is 1. The molecule has 6 N–H and O–H groups in total. The maximum absolute atomic E-state index is 13.6. The zero-order valence-corrected chi connectivity index (χ0v) is 40.4. The molecular formula is C42H62GdN9O12S-. The summed E-state index contributed by atoms with van der Waals surface area (Å²) in [6.07, 6.45) is 2.57. The summed E-state index contributed by atoms with van der Waals surface area (Å²) in [7, 11) is 0. The summed E-state index contributed by atoms with van der Waals surface area (Å²) >= 11 is 1.51. The van der Waals surface area contributed by atoms with Crippen molar-refractivity contribution in [1.29, 1.82) is 0 Å². The van der Waals surface area contributed by atoms with Crippen LogP contribution in [-0.2, 0) is 49.6 Å². The van der Waals surface area contributed by atoms with Gasteiger partial charge in [0.2, 0.25) is 23.6 Å². The van der Waals surface area contributed by atoms with Gasteiger partial charge in [0.1, 0.15) is 0 Å². The van der Waals surface area contributed by atoms with Crippen molar-refractivity contribution in [3.8, 4) is 0 Å². The predicted molar refractivity (Wildman–Crippen MR) is 234 cm³/mol. The Morgan fingerprint density at radius 3 is 2.06 bits per heavy atom. The number of carbonyl (C=O) groups is 9. The monoisotopic (exact) mass is 1070 g/mol. The molecule has 1 aromatic carbocycles. The number of benzene rings is 1. The number of likely N-dealkylation sites (tertiary alicyclic amines) is 1. The van der Waals surface area contributed by atoms with Crippen LogP contribution in [0.3, 0.4) is 0 Å². The Bertz CT molecular complexity index is 1840. The Labute approximate surface area is 415 Å². The number of rotatable bonds is 21. The third-order valence-corrected chi connectivity index (χ3v) is 11.8. The van der Waals surface area contributed by atoms with Crippen LogP contribution in [0.15, 0.2) is 24.3 Å². The van der Waals surface area contributed by atoms with Crippen LogP contribution in [0.4, 0.5) is 10.5 Å². The van der Waals surface area contributed by atoms with E-state index < -0.39 is 35.9 Å². The Balaban J connectivity index is 0.0000112. The van der Waals surface area contributed by atoms with E-state index >= 15 is 0 Å². The second-order valence-corrected chi connectivity index (χ2v) is 17.5. The molecule has 21 nitrogen and oxygen atoms in total. The van der Waals surface area contributed by atoms with Crippen LogP contribution in [0.25, 0.3) is 0 Å². The van der Waals surface area contributed by atoms with E-state index in [4.69, 9.17) is 4.74 Å². The topological polar surface area (TPSA) is 268 Å². The number of carbonyl (C=O) groups excluding carboxylic acids is 7. The molecule has 1 aromatic rings. The van der Waals surface area contributed by atoms with Crippen LogP contribution in [0.2, 0.25) is 0 Å². The SMILES string of the molecule is CSCC[C@H](NC(=O)Nc1ccc(CNC(=O)CN2CCN(CC(=O)O)CCN(CC(=O)O)CCN3CC(=O)O[C-]3C2)cc1)C(=O)C[C@H](C(=O)NCCN1C(=O)CC(C)C1=O)C(C)C.[Gd]. The van der Waals surface area contributed by atoms with Gasteiger partial charge in [0.15, 0.2) is 5.78 Å². The first-order chi connectivity index (χ1) is 30.4. The predicted octanol–water partition coefficient (Wildman–Crippen LogP) is -0.274. The number of ketones is 1. The number of urea groups is 1. The molecule has 1 unspecified atom stereocenters. The van der Waals surface area contributed by atoms with E-state index in [1.54, 1.807) is 50.8 Å². The standard InChI is InChI=1S/C42H62N9O12S.Gd/c1-27(2)31(40(60)43-10-11-51-35(54)19-28(3)41(51)61)20-33(52)32(9-18-64-4)46-42(62)45-30-7-5-29(6-8-30)21-44-34(53)22-49-15-14-47(24-37(55)56)12-13-48(25-38(57)58)16-17-50-26-39(59)63-36(50)23-49;/h5-8,27-28,31-32H,9-26H2,1-4H3,(H,43,60)(H,44,53)(H,55,56)(H,57,58)(H2,45,46,62);/q-1;/t28?,31-,32-;/m0./s1. The number of esters is 1. The van der Waals surface area contributed by atoms with Gasteiger partial charge in [-0.1, -0.05) is 45.7 Å². The second kappa shape index (κ2) is 27.7. The third kappa shape index (κ3) is 18.8. The number of anilines is 1. The number of Topliss-reactive ketones (excluding diaryl/α,β-unsaturated/α-hetero) is 1. The van der Waals surface area contributed by atoms with Crippen LogP contribution in [0.5, 0.6) is 0 Å². The molecule has 65 heavy (non-hydrogen) atoms. The molecule has 23 heteroatoms. The van der Waals surface area contributed by atoms with E-state index in [2.05, 4.69) is 21.3 Å². The molecule has 0 aliphatic carbocycles. The molecule has 0 bridgehead atoms. The van der Waals surface area contributed by atoms with Gasteiger partial charge >= 0.3 is 18.0 Å². The minimum absolute atomic E-state index is 0. The second-order valence-electron chi connectivity index (χ2n) is 16.5. The Kier molecular flexibility index (Phi) is 23.7. The minimum Gasteiger partial charge on any atom is -0.617 e. The van der Waals surface area contributed by atoms with E-state index in [-0.39, 0.29) is 173 Å². The van der Waals surface area contributed by atoms with Crippen LogP contribution < -0.4 is 21.3 Å². The average molecular weight is 1070 g/mol. The van der Waals surface area contributed by atoms with Gasteiger partial charge < -0.3 is 46.0 Å². The van der Waals surface area contributed by atoms with Crippen molar-refractivity contribution in [2.45, 2.75) is 52.6 Å². The van der Waals surface area contributed by atoms with Gasteiger partial charge in [-0.3, -0.25) is 53.1 Å². The first-order valence-electron chi connectivity index (χ1n) is 21.4. The number of amides is 6. The molecule has 0 radical (unpaired) electrons. The third-order valence-electron chi connectivity index (χ3n) is 11.2. The number of aliphatic carboxylic acids is 2. The fourth-order valence-corrected chi connectivity index (χ4v) is 7.97. The number of imide groups is 1. The minimum atomic E-state index is -1.05. The van der Waals surface area contributed by atoms with Gasteiger partial charge in [0.05, 0.1) is 32.2 Å². The van der Waals surface area contributed by atoms with E-state index in [0.29, 0.717) is 37.2 Å². The molecule has 0 saturated carbocycles.